The van der Waals surface area contributed by atoms with Gasteiger partial charge in [-0.3, -0.25) is 0 Å². The molecule has 0 amide bonds. The van der Waals surface area contributed by atoms with E-state index >= 15 is 0 Å². The van der Waals surface area contributed by atoms with E-state index in [1.165, 1.54) is 0 Å². The number of aliphatic hydroxyl groups excluding tert-OH is 1. The van der Waals surface area contributed by atoms with Crippen LogP contribution in [0.4, 0.5) is 5.69 Å². The maximum Gasteiger partial charge on any atom is 0.0992 e. The lowest BCUT2D eigenvalue weighted by Gasteiger charge is -2.41. The van der Waals surface area contributed by atoms with Crippen LogP contribution in [0, 0.1) is 23.2 Å². The zero-order valence-electron chi connectivity index (χ0n) is 11.7. The highest BCUT2D eigenvalue weighted by Gasteiger charge is 2.29. The highest BCUT2D eigenvalue weighted by molar-refractivity contribution is 5.52. The molecule has 1 aliphatic heterocycles. The van der Waals surface area contributed by atoms with E-state index in [9.17, 15) is 5.11 Å². The Bertz CT molecular complexity index is 464. The average molecular weight is 258 g/mol. The molecule has 2 rings (SSSR count). The third kappa shape index (κ3) is 3.08. The van der Waals surface area contributed by atoms with E-state index in [1.54, 1.807) is 0 Å². The molecule has 19 heavy (non-hydrogen) atoms. The molecular formula is C16H22N2O. The first kappa shape index (κ1) is 13.9. The Morgan fingerprint density at radius 2 is 2.26 bits per heavy atom. The van der Waals surface area contributed by atoms with Crippen LogP contribution in [0.5, 0.6) is 0 Å². The largest absolute Gasteiger partial charge is 0.394 e. The quantitative estimate of drug-likeness (QED) is 0.907. The Balaban J connectivity index is 2.18. The minimum absolute atomic E-state index is 0.176. The summed E-state index contributed by atoms with van der Waals surface area (Å²) in [5.74, 6) is 1.36. The molecule has 2 unspecified atom stereocenters. The maximum atomic E-state index is 9.64. The van der Waals surface area contributed by atoms with Crippen LogP contribution in [0.25, 0.3) is 0 Å². The molecule has 1 aromatic carbocycles. The molecule has 0 aromatic heterocycles. The summed E-state index contributed by atoms with van der Waals surface area (Å²) in [4.78, 5) is 2.25. The third-order valence-electron chi connectivity index (χ3n) is 4.22. The Labute approximate surface area is 115 Å². The van der Waals surface area contributed by atoms with Gasteiger partial charge in [0, 0.05) is 12.2 Å². The second-order valence-corrected chi connectivity index (χ2v) is 5.72. The molecule has 1 saturated heterocycles. The average Bonchev–Trinajstić information content (AvgIpc) is 2.46. The summed E-state index contributed by atoms with van der Waals surface area (Å²) >= 11 is 0. The predicted octanol–water partition coefficient (Wildman–Crippen LogP) is 2.79. The Morgan fingerprint density at radius 1 is 1.47 bits per heavy atom. The van der Waals surface area contributed by atoms with Gasteiger partial charge < -0.3 is 10.0 Å². The van der Waals surface area contributed by atoms with Crippen LogP contribution in [0.15, 0.2) is 24.3 Å². The van der Waals surface area contributed by atoms with Gasteiger partial charge >= 0.3 is 0 Å². The molecular weight excluding hydrogens is 236 g/mol. The number of anilines is 1. The topological polar surface area (TPSA) is 47.3 Å². The highest BCUT2D eigenvalue weighted by Crippen LogP contribution is 2.32. The molecule has 1 aliphatic rings. The van der Waals surface area contributed by atoms with Crippen molar-refractivity contribution in [2.75, 3.05) is 18.1 Å². The molecule has 0 spiro atoms. The van der Waals surface area contributed by atoms with Crippen molar-refractivity contribution in [3.8, 4) is 6.07 Å². The van der Waals surface area contributed by atoms with Crippen molar-refractivity contribution in [3.05, 3.63) is 29.8 Å². The van der Waals surface area contributed by atoms with Gasteiger partial charge in [-0.25, -0.2) is 0 Å². The van der Waals surface area contributed by atoms with Crippen LogP contribution in [0.2, 0.25) is 0 Å². The zero-order valence-corrected chi connectivity index (χ0v) is 11.7. The summed E-state index contributed by atoms with van der Waals surface area (Å²) in [6.07, 6.45) is 2.19. The first-order chi connectivity index (χ1) is 9.15. The molecule has 3 nitrogen and oxygen atoms in total. The Kier molecular flexibility index (Phi) is 4.44. The lowest BCUT2D eigenvalue weighted by molar-refractivity contribution is 0.193. The van der Waals surface area contributed by atoms with Crippen LogP contribution < -0.4 is 4.90 Å². The number of hydrogen-bond donors (Lipinski definition) is 1. The fourth-order valence-corrected chi connectivity index (χ4v) is 2.95. The van der Waals surface area contributed by atoms with E-state index in [2.05, 4.69) is 24.8 Å². The molecule has 0 saturated carbocycles. The molecule has 1 aromatic rings. The lowest BCUT2D eigenvalue weighted by Crippen LogP contribution is -2.45. The van der Waals surface area contributed by atoms with Gasteiger partial charge in [0.25, 0.3) is 0 Å². The van der Waals surface area contributed by atoms with Crippen molar-refractivity contribution >= 4 is 5.69 Å². The van der Waals surface area contributed by atoms with E-state index in [4.69, 9.17) is 5.26 Å². The summed E-state index contributed by atoms with van der Waals surface area (Å²) in [5, 5.41) is 18.6. The molecule has 0 bridgehead atoms. The normalized spacial score (nSPS) is 23.4. The van der Waals surface area contributed by atoms with Crippen LogP contribution >= 0.6 is 0 Å². The van der Waals surface area contributed by atoms with Crippen molar-refractivity contribution < 1.29 is 5.11 Å². The standard InChI is InChI=1S/C16H22N2O/c1-12(2)14-6-7-18(16(9-14)11-19)15-5-3-4-13(8-15)10-17/h3-5,8,12,14,16,19H,6-7,9,11H2,1-2H3. The first-order valence-electron chi connectivity index (χ1n) is 7.03. The fraction of sp³-hybridized carbons (Fsp3) is 0.562. The number of nitrogens with zero attached hydrogens (tertiary/aromatic N) is 2. The van der Waals surface area contributed by atoms with Gasteiger partial charge in [0.2, 0.25) is 0 Å². The van der Waals surface area contributed by atoms with Gasteiger partial charge in [-0.2, -0.15) is 5.26 Å². The third-order valence-corrected chi connectivity index (χ3v) is 4.22. The van der Waals surface area contributed by atoms with Crippen LogP contribution in [-0.4, -0.2) is 24.3 Å². The number of benzene rings is 1. The van der Waals surface area contributed by atoms with Gasteiger partial charge in [-0.15, -0.1) is 0 Å². The van der Waals surface area contributed by atoms with Gasteiger partial charge in [-0.05, 0) is 42.9 Å². The maximum absolute atomic E-state index is 9.64. The van der Waals surface area contributed by atoms with Crippen molar-refractivity contribution in [2.24, 2.45) is 11.8 Å². The number of aliphatic hydroxyl groups is 1. The predicted molar refractivity (Wildman–Crippen MR) is 76.9 cm³/mol. The highest BCUT2D eigenvalue weighted by atomic mass is 16.3. The molecule has 102 valence electrons. The smallest absolute Gasteiger partial charge is 0.0992 e. The molecule has 1 N–H and O–H groups in total. The second-order valence-electron chi connectivity index (χ2n) is 5.72. The van der Waals surface area contributed by atoms with E-state index in [0.29, 0.717) is 17.4 Å². The van der Waals surface area contributed by atoms with E-state index in [-0.39, 0.29) is 12.6 Å². The molecule has 1 fully saturated rings. The fourth-order valence-electron chi connectivity index (χ4n) is 2.95. The molecule has 0 aliphatic carbocycles. The van der Waals surface area contributed by atoms with E-state index in [1.807, 2.05) is 24.3 Å². The monoisotopic (exact) mass is 258 g/mol. The van der Waals surface area contributed by atoms with Gasteiger partial charge in [0.1, 0.15) is 0 Å². The number of rotatable bonds is 3. The minimum Gasteiger partial charge on any atom is -0.394 e. The SMILES string of the molecule is CC(C)C1CCN(c2cccc(C#N)c2)C(CO)C1. The van der Waals surface area contributed by atoms with Crippen molar-refractivity contribution in [1.82, 2.24) is 0 Å². The van der Waals surface area contributed by atoms with Gasteiger partial charge in [0.05, 0.1) is 24.3 Å². The Hall–Kier alpha value is -1.53. The summed E-state index contributed by atoms with van der Waals surface area (Å²) in [6.45, 7) is 5.65. The summed E-state index contributed by atoms with van der Waals surface area (Å²) in [5.41, 5.74) is 1.74. The Morgan fingerprint density at radius 3 is 2.89 bits per heavy atom. The molecule has 3 heteroatoms. The molecule has 0 radical (unpaired) electrons. The molecule has 2 atom stereocenters. The minimum atomic E-state index is 0.176. The van der Waals surface area contributed by atoms with Crippen molar-refractivity contribution in [3.63, 3.8) is 0 Å². The van der Waals surface area contributed by atoms with Gasteiger partial charge in [-0.1, -0.05) is 19.9 Å². The number of piperidine rings is 1. The van der Waals surface area contributed by atoms with E-state index in [0.717, 1.165) is 25.1 Å². The van der Waals surface area contributed by atoms with Crippen molar-refractivity contribution in [1.29, 1.82) is 5.26 Å². The van der Waals surface area contributed by atoms with Crippen molar-refractivity contribution in [2.45, 2.75) is 32.7 Å². The molecule has 1 heterocycles. The van der Waals surface area contributed by atoms with Crippen LogP contribution in [-0.2, 0) is 0 Å². The summed E-state index contributed by atoms with van der Waals surface area (Å²) in [6, 6.07) is 10.0. The summed E-state index contributed by atoms with van der Waals surface area (Å²) < 4.78 is 0. The number of nitriles is 1. The van der Waals surface area contributed by atoms with Crippen LogP contribution in [0.1, 0.15) is 32.3 Å². The summed E-state index contributed by atoms with van der Waals surface area (Å²) in [7, 11) is 0. The zero-order chi connectivity index (χ0) is 13.8. The lowest BCUT2D eigenvalue weighted by atomic mass is 9.83. The number of hydrogen-bond acceptors (Lipinski definition) is 3. The second kappa shape index (κ2) is 6.08. The first-order valence-corrected chi connectivity index (χ1v) is 7.03. The van der Waals surface area contributed by atoms with Gasteiger partial charge in [0.15, 0.2) is 0 Å². The van der Waals surface area contributed by atoms with Crippen LogP contribution in [0.3, 0.4) is 0 Å². The van der Waals surface area contributed by atoms with E-state index < -0.39 is 0 Å².